The Balaban J connectivity index is 2.32. The maximum Gasteiger partial charge on any atom is 0.307 e. The molecule has 0 aliphatic heterocycles. The summed E-state index contributed by atoms with van der Waals surface area (Å²) in [6.07, 6.45) is -0.796. The lowest BCUT2D eigenvalue weighted by Gasteiger charge is -2.06. The van der Waals surface area contributed by atoms with Gasteiger partial charge in [0.2, 0.25) is 0 Å². The topological polar surface area (TPSA) is 48.0 Å². The summed E-state index contributed by atoms with van der Waals surface area (Å²) in [5, 5.41) is 1.71. The first-order valence-corrected chi connectivity index (χ1v) is 6.51. The van der Waals surface area contributed by atoms with Crippen LogP contribution in [0.15, 0.2) is 46.6 Å². The fourth-order valence-electron chi connectivity index (χ4n) is 1.77. The maximum absolute atomic E-state index is 12.0. The van der Waals surface area contributed by atoms with Crippen molar-refractivity contribution in [1.82, 2.24) is 4.57 Å². The molecular weight excluding hydrogens is 270 g/mol. The van der Waals surface area contributed by atoms with E-state index in [-0.39, 0.29) is 17.8 Å². The van der Waals surface area contributed by atoms with Crippen LogP contribution in [0.25, 0.3) is 11.3 Å². The van der Waals surface area contributed by atoms with Crippen molar-refractivity contribution in [2.45, 2.75) is 13.0 Å². The van der Waals surface area contributed by atoms with Crippen molar-refractivity contribution in [3.63, 3.8) is 0 Å². The summed E-state index contributed by atoms with van der Waals surface area (Å²) in [5.74, 6) is 0. The molecule has 0 unspecified atom stereocenters. The van der Waals surface area contributed by atoms with E-state index in [1.54, 1.807) is 23.6 Å². The zero-order valence-electron chi connectivity index (χ0n) is 9.98. The van der Waals surface area contributed by atoms with Crippen LogP contribution in [0.1, 0.15) is 6.42 Å². The Kier molecular flexibility index (Phi) is 4.11. The molecule has 0 fully saturated rings. The van der Waals surface area contributed by atoms with Gasteiger partial charge in [0.25, 0.3) is 6.08 Å². The van der Waals surface area contributed by atoms with Crippen LogP contribution in [0.2, 0.25) is 0 Å². The van der Waals surface area contributed by atoms with E-state index in [4.69, 9.17) is 5.73 Å². The number of thiazole rings is 1. The number of nitrogens with zero attached hydrogens (tertiary/aromatic N) is 1. The van der Waals surface area contributed by atoms with Crippen molar-refractivity contribution >= 4 is 17.0 Å². The Morgan fingerprint density at radius 1 is 1.42 bits per heavy atom. The van der Waals surface area contributed by atoms with Crippen LogP contribution < -0.4 is 10.6 Å². The molecule has 19 heavy (non-hydrogen) atoms. The Hall–Kier alpha value is -1.95. The van der Waals surface area contributed by atoms with Crippen LogP contribution in [0.5, 0.6) is 0 Å². The third kappa shape index (κ3) is 3.29. The van der Waals surface area contributed by atoms with E-state index in [1.165, 1.54) is 4.57 Å². The van der Waals surface area contributed by atoms with Gasteiger partial charge in [-0.25, -0.2) is 0 Å². The predicted molar refractivity (Wildman–Crippen MR) is 73.3 cm³/mol. The molecule has 6 heteroatoms. The van der Waals surface area contributed by atoms with E-state index in [0.717, 1.165) is 23.0 Å². The zero-order valence-corrected chi connectivity index (χ0v) is 10.8. The van der Waals surface area contributed by atoms with Crippen LogP contribution in [0.3, 0.4) is 0 Å². The highest BCUT2D eigenvalue weighted by Crippen LogP contribution is 2.22. The fourth-order valence-corrected chi connectivity index (χ4v) is 2.56. The first-order chi connectivity index (χ1) is 9.08. The van der Waals surface area contributed by atoms with E-state index in [0.29, 0.717) is 11.4 Å². The zero-order chi connectivity index (χ0) is 13.8. The number of aromatic nitrogens is 1. The third-order valence-electron chi connectivity index (χ3n) is 2.62. The van der Waals surface area contributed by atoms with E-state index >= 15 is 0 Å². The molecule has 0 atom stereocenters. The number of nitrogen functional groups attached to an aromatic ring is 1. The van der Waals surface area contributed by atoms with Crippen molar-refractivity contribution in [2.75, 3.05) is 5.73 Å². The highest BCUT2D eigenvalue weighted by atomic mass is 32.1. The van der Waals surface area contributed by atoms with Crippen LogP contribution in [0, 0.1) is 0 Å². The second-order valence-corrected chi connectivity index (χ2v) is 4.77. The average molecular weight is 282 g/mol. The molecule has 100 valence electrons. The van der Waals surface area contributed by atoms with Gasteiger partial charge in [-0.2, -0.15) is 8.78 Å². The summed E-state index contributed by atoms with van der Waals surface area (Å²) in [7, 11) is 0. The number of allylic oxidation sites excluding steroid dienone is 1. The Morgan fingerprint density at radius 2 is 2.21 bits per heavy atom. The summed E-state index contributed by atoms with van der Waals surface area (Å²) < 4.78 is 25.5. The van der Waals surface area contributed by atoms with Crippen LogP contribution in [-0.4, -0.2) is 4.57 Å². The van der Waals surface area contributed by atoms with E-state index in [2.05, 4.69) is 0 Å². The van der Waals surface area contributed by atoms with Crippen molar-refractivity contribution in [2.24, 2.45) is 0 Å². The summed E-state index contributed by atoms with van der Waals surface area (Å²) in [6.45, 7) is 0.226. The van der Waals surface area contributed by atoms with Gasteiger partial charge in [0, 0.05) is 23.2 Å². The molecule has 2 rings (SSSR count). The summed E-state index contributed by atoms with van der Waals surface area (Å²) in [5.41, 5.74) is 7.81. The second kappa shape index (κ2) is 5.79. The smallest absolute Gasteiger partial charge is 0.307 e. The van der Waals surface area contributed by atoms with E-state index < -0.39 is 6.08 Å². The van der Waals surface area contributed by atoms with E-state index in [1.807, 2.05) is 6.07 Å². The Morgan fingerprint density at radius 3 is 2.89 bits per heavy atom. The molecule has 1 heterocycles. The van der Waals surface area contributed by atoms with Crippen LogP contribution in [-0.2, 0) is 6.54 Å². The molecule has 0 saturated heterocycles. The minimum Gasteiger partial charge on any atom is -0.399 e. The number of halogens is 2. The maximum atomic E-state index is 12.0. The van der Waals surface area contributed by atoms with E-state index in [9.17, 15) is 13.6 Å². The number of hydrogen-bond donors (Lipinski definition) is 1. The van der Waals surface area contributed by atoms with Gasteiger partial charge in [-0.1, -0.05) is 23.5 Å². The molecule has 0 spiro atoms. The molecule has 0 radical (unpaired) electrons. The molecule has 2 aromatic rings. The second-order valence-electron chi connectivity index (χ2n) is 3.95. The number of nitrogens with two attached hydrogens (primary N) is 1. The molecular formula is C13H12F2N2OS. The third-order valence-corrected chi connectivity index (χ3v) is 3.38. The minimum absolute atomic E-state index is 0.119. The molecule has 2 N–H and O–H groups in total. The highest BCUT2D eigenvalue weighted by molar-refractivity contribution is 7.07. The minimum atomic E-state index is -1.73. The number of benzene rings is 1. The Bertz CT molecular complexity index is 657. The first kappa shape index (κ1) is 13.5. The lowest BCUT2D eigenvalue weighted by molar-refractivity contribution is 0.416. The fraction of sp³-hybridized carbons (Fsp3) is 0.154. The summed E-state index contributed by atoms with van der Waals surface area (Å²) in [4.78, 5) is 11.6. The Labute approximate surface area is 112 Å². The predicted octanol–water partition coefficient (Wildman–Crippen LogP) is 3.33. The lowest BCUT2D eigenvalue weighted by Crippen LogP contribution is -2.14. The SMILES string of the molecule is Nc1cccc(-c2csc(=O)n2CCC=C(F)F)c1. The van der Waals surface area contributed by atoms with Crippen LogP contribution in [0.4, 0.5) is 14.5 Å². The average Bonchev–Trinajstić information content (AvgIpc) is 2.71. The van der Waals surface area contributed by atoms with Crippen molar-refractivity contribution < 1.29 is 8.78 Å². The quantitative estimate of drug-likeness (QED) is 0.874. The largest absolute Gasteiger partial charge is 0.399 e. The van der Waals surface area contributed by atoms with Crippen molar-refractivity contribution in [3.8, 4) is 11.3 Å². The van der Waals surface area contributed by atoms with Gasteiger partial charge in [0.1, 0.15) is 0 Å². The van der Waals surface area contributed by atoms with Crippen LogP contribution >= 0.6 is 11.3 Å². The standard InChI is InChI=1S/C13H12F2N2OS/c14-12(15)5-2-6-17-11(8-19-13(17)18)9-3-1-4-10(16)7-9/h1,3-5,7-8H,2,6,16H2. The molecule has 0 aliphatic rings. The van der Waals surface area contributed by atoms with Gasteiger partial charge in [0.15, 0.2) is 0 Å². The normalized spacial score (nSPS) is 10.4. The molecule has 1 aromatic carbocycles. The van der Waals surface area contributed by atoms with Gasteiger partial charge in [-0.15, -0.1) is 0 Å². The molecule has 0 saturated carbocycles. The summed E-state index contributed by atoms with van der Waals surface area (Å²) >= 11 is 1.05. The van der Waals surface area contributed by atoms with Gasteiger partial charge in [-0.3, -0.25) is 9.36 Å². The van der Waals surface area contributed by atoms with Gasteiger partial charge < -0.3 is 5.73 Å². The van der Waals surface area contributed by atoms with Gasteiger partial charge in [-0.05, 0) is 24.6 Å². The van der Waals surface area contributed by atoms with Gasteiger partial charge in [0.05, 0.1) is 5.69 Å². The molecule has 0 aliphatic carbocycles. The van der Waals surface area contributed by atoms with Crippen molar-refractivity contribution in [3.05, 3.63) is 51.5 Å². The number of anilines is 1. The van der Waals surface area contributed by atoms with Gasteiger partial charge >= 0.3 is 4.87 Å². The molecule has 0 bridgehead atoms. The molecule has 3 nitrogen and oxygen atoms in total. The first-order valence-electron chi connectivity index (χ1n) is 5.63. The monoisotopic (exact) mass is 282 g/mol. The number of hydrogen-bond acceptors (Lipinski definition) is 3. The number of rotatable bonds is 4. The molecule has 0 amide bonds. The van der Waals surface area contributed by atoms with Crippen molar-refractivity contribution in [1.29, 1.82) is 0 Å². The lowest BCUT2D eigenvalue weighted by atomic mass is 10.1. The highest BCUT2D eigenvalue weighted by Gasteiger charge is 2.08. The molecule has 1 aromatic heterocycles. The summed E-state index contributed by atoms with van der Waals surface area (Å²) in [6, 6.07) is 7.13.